The SMILES string of the molecule is COC(=O)C#CCOc1ccc(Br)cc1Br. The zero-order valence-corrected chi connectivity index (χ0v) is 11.6. The molecule has 0 heterocycles. The summed E-state index contributed by atoms with van der Waals surface area (Å²) in [6, 6.07) is 5.52. The van der Waals surface area contributed by atoms with Gasteiger partial charge in [0.1, 0.15) is 12.4 Å². The van der Waals surface area contributed by atoms with Crippen LogP contribution in [0, 0.1) is 11.8 Å². The van der Waals surface area contributed by atoms with Crippen molar-refractivity contribution in [3.8, 4) is 17.6 Å². The van der Waals surface area contributed by atoms with Gasteiger partial charge in [0, 0.05) is 10.4 Å². The van der Waals surface area contributed by atoms with Crippen LogP contribution < -0.4 is 4.74 Å². The number of benzene rings is 1. The van der Waals surface area contributed by atoms with Crippen LogP contribution >= 0.6 is 31.9 Å². The summed E-state index contributed by atoms with van der Waals surface area (Å²) < 4.78 is 11.5. The molecular formula is C11H8Br2O3. The maximum absolute atomic E-state index is 10.7. The first-order chi connectivity index (χ1) is 7.63. The van der Waals surface area contributed by atoms with Gasteiger partial charge in [-0.3, -0.25) is 0 Å². The average molecular weight is 348 g/mol. The smallest absolute Gasteiger partial charge is 0.384 e. The second kappa shape index (κ2) is 6.56. The normalized spacial score (nSPS) is 8.94. The van der Waals surface area contributed by atoms with Crippen LogP contribution in [0.4, 0.5) is 0 Å². The van der Waals surface area contributed by atoms with Crippen LogP contribution in [-0.2, 0) is 9.53 Å². The Morgan fingerprint density at radius 2 is 2.19 bits per heavy atom. The van der Waals surface area contributed by atoms with Crippen LogP contribution in [0.1, 0.15) is 0 Å². The Morgan fingerprint density at radius 3 is 2.81 bits per heavy atom. The van der Waals surface area contributed by atoms with E-state index < -0.39 is 5.97 Å². The highest BCUT2D eigenvalue weighted by Crippen LogP contribution is 2.27. The molecule has 0 saturated carbocycles. The first kappa shape index (κ1) is 13.1. The van der Waals surface area contributed by atoms with Gasteiger partial charge < -0.3 is 9.47 Å². The lowest BCUT2D eigenvalue weighted by molar-refractivity contribution is -0.133. The summed E-state index contributed by atoms with van der Waals surface area (Å²) in [4.78, 5) is 10.7. The van der Waals surface area contributed by atoms with Gasteiger partial charge in [-0.2, -0.15) is 0 Å². The predicted molar refractivity (Wildman–Crippen MR) is 67.1 cm³/mol. The molecule has 5 heteroatoms. The maximum Gasteiger partial charge on any atom is 0.384 e. The zero-order chi connectivity index (χ0) is 12.0. The molecule has 0 aliphatic carbocycles. The zero-order valence-electron chi connectivity index (χ0n) is 8.42. The minimum atomic E-state index is -0.571. The van der Waals surface area contributed by atoms with Crippen molar-refractivity contribution in [2.45, 2.75) is 0 Å². The van der Waals surface area contributed by atoms with Crippen molar-refractivity contribution < 1.29 is 14.3 Å². The number of hydrogen-bond donors (Lipinski definition) is 0. The van der Waals surface area contributed by atoms with Crippen molar-refractivity contribution in [3.63, 3.8) is 0 Å². The molecule has 0 atom stereocenters. The fourth-order valence-electron chi connectivity index (χ4n) is 0.865. The summed E-state index contributed by atoms with van der Waals surface area (Å²) in [5.41, 5.74) is 0. The van der Waals surface area contributed by atoms with Gasteiger partial charge in [-0.25, -0.2) is 4.79 Å². The van der Waals surface area contributed by atoms with E-state index in [1.165, 1.54) is 7.11 Å². The highest BCUT2D eigenvalue weighted by molar-refractivity contribution is 9.11. The van der Waals surface area contributed by atoms with Crippen LogP contribution in [0.15, 0.2) is 27.1 Å². The third-order valence-electron chi connectivity index (χ3n) is 1.57. The standard InChI is InChI=1S/C11H8Br2O3/c1-15-11(14)3-2-6-16-10-5-4-8(12)7-9(10)13/h4-5,7H,6H2,1H3. The molecule has 1 aromatic rings. The fourth-order valence-corrected chi connectivity index (χ4v) is 2.03. The number of hydrogen-bond acceptors (Lipinski definition) is 3. The van der Waals surface area contributed by atoms with E-state index in [1.54, 1.807) is 6.07 Å². The van der Waals surface area contributed by atoms with Crippen LogP contribution in [0.5, 0.6) is 5.75 Å². The molecule has 0 aliphatic rings. The monoisotopic (exact) mass is 346 g/mol. The molecule has 0 aromatic heterocycles. The van der Waals surface area contributed by atoms with Crippen LogP contribution in [0.2, 0.25) is 0 Å². The van der Waals surface area contributed by atoms with Crippen molar-refractivity contribution >= 4 is 37.8 Å². The van der Waals surface area contributed by atoms with Gasteiger partial charge in [-0.05, 0) is 40.0 Å². The Bertz CT molecular complexity index is 446. The van der Waals surface area contributed by atoms with Crippen LogP contribution in [0.3, 0.4) is 0 Å². The van der Waals surface area contributed by atoms with Crippen LogP contribution in [-0.4, -0.2) is 19.7 Å². The van der Waals surface area contributed by atoms with E-state index >= 15 is 0 Å². The summed E-state index contributed by atoms with van der Waals surface area (Å²) in [5.74, 6) is 4.92. The molecule has 1 aromatic carbocycles. The van der Waals surface area contributed by atoms with Gasteiger partial charge >= 0.3 is 5.97 Å². The molecule has 0 fully saturated rings. The number of esters is 1. The summed E-state index contributed by atoms with van der Waals surface area (Å²) in [5, 5.41) is 0. The van der Waals surface area contributed by atoms with Crippen molar-refractivity contribution in [3.05, 3.63) is 27.1 Å². The number of halogens is 2. The Balaban J connectivity index is 2.54. The molecule has 0 amide bonds. The van der Waals surface area contributed by atoms with Gasteiger partial charge in [0.15, 0.2) is 0 Å². The quantitative estimate of drug-likeness (QED) is 0.469. The lowest BCUT2D eigenvalue weighted by Gasteiger charge is -2.04. The molecule has 0 aliphatic heterocycles. The Labute approximate surface area is 110 Å². The van der Waals surface area contributed by atoms with Gasteiger partial charge in [-0.1, -0.05) is 15.9 Å². The van der Waals surface area contributed by atoms with E-state index in [0.717, 1.165) is 8.95 Å². The Kier molecular flexibility index (Phi) is 5.36. The molecule has 1 rings (SSSR count). The molecule has 0 N–H and O–H groups in total. The van der Waals surface area contributed by atoms with Gasteiger partial charge in [-0.15, -0.1) is 0 Å². The van der Waals surface area contributed by atoms with Crippen molar-refractivity contribution in [2.24, 2.45) is 0 Å². The molecule has 0 radical (unpaired) electrons. The van der Waals surface area contributed by atoms with E-state index in [4.69, 9.17) is 4.74 Å². The van der Waals surface area contributed by atoms with E-state index in [-0.39, 0.29) is 6.61 Å². The average Bonchev–Trinajstić information content (AvgIpc) is 2.26. The summed E-state index contributed by atoms with van der Waals surface area (Å²) in [6.07, 6.45) is 0. The Hall–Kier alpha value is -0.990. The minimum Gasteiger partial charge on any atom is -0.480 e. The second-order valence-electron chi connectivity index (χ2n) is 2.66. The van der Waals surface area contributed by atoms with Gasteiger partial charge in [0.2, 0.25) is 0 Å². The molecule has 0 unspecified atom stereocenters. The topological polar surface area (TPSA) is 35.5 Å². The summed E-state index contributed by atoms with van der Waals surface area (Å²) >= 11 is 6.68. The minimum absolute atomic E-state index is 0.134. The molecule has 0 saturated heterocycles. The molecular weight excluding hydrogens is 340 g/mol. The third-order valence-corrected chi connectivity index (χ3v) is 2.68. The fraction of sp³-hybridized carbons (Fsp3) is 0.182. The van der Waals surface area contributed by atoms with E-state index in [9.17, 15) is 4.79 Å². The number of carbonyl (C=O) groups is 1. The van der Waals surface area contributed by atoms with Crippen molar-refractivity contribution in [2.75, 3.05) is 13.7 Å². The molecule has 0 bridgehead atoms. The van der Waals surface area contributed by atoms with E-state index in [0.29, 0.717) is 5.75 Å². The molecule has 3 nitrogen and oxygen atoms in total. The second-order valence-corrected chi connectivity index (χ2v) is 4.43. The highest BCUT2D eigenvalue weighted by atomic mass is 79.9. The van der Waals surface area contributed by atoms with E-state index in [1.807, 2.05) is 12.1 Å². The molecule has 84 valence electrons. The van der Waals surface area contributed by atoms with Crippen molar-refractivity contribution in [1.82, 2.24) is 0 Å². The lowest BCUT2D eigenvalue weighted by atomic mass is 10.3. The lowest BCUT2D eigenvalue weighted by Crippen LogP contribution is -1.98. The number of rotatable bonds is 2. The van der Waals surface area contributed by atoms with Gasteiger partial charge in [0.25, 0.3) is 0 Å². The molecule has 0 spiro atoms. The largest absolute Gasteiger partial charge is 0.480 e. The number of ether oxygens (including phenoxy) is 2. The highest BCUT2D eigenvalue weighted by Gasteiger charge is 2.00. The van der Waals surface area contributed by atoms with Crippen LogP contribution in [0.25, 0.3) is 0 Å². The summed E-state index contributed by atoms with van der Waals surface area (Å²) in [7, 11) is 1.28. The Morgan fingerprint density at radius 1 is 1.44 bits per heavy atom. The predicted octanol–water partition coefficient (Wildman–Crippen LogP) is 2.77. The first-order valence-corrected chi connectivity index (χ1v) is 5.86. The number of carbonyl (C=O) groups excluding carboxylic acids is 1. The maximum atomic E-state index is 10.7. The van der Waals surface area contributed by atoms with Gasteiger partial charge in [0.05, 0.1) is 11.6 Å². The van der Waals surface area contributed by atoms with E-state index in [2.05, 4.69) is 48.4 Å². The van der Waals surface area contributed by atoms with Crippen molar-refractivity contribution in [1.29, 1.82) is 0 Å². The third kappa shape index (κ3) is 4.25. The summed E-state index contributed by atoms with van der Waals surface area (Å²) in [6.45, 7) is 0.134. The first-order valence-electron chi connectivity index (χ1n) is 4.28. The number of methoxy groups -OCH3 is 1. The molecule has 16 heavy (non-hydrogen) atoms.